The van der Waals surface area contributed by atoms with Crippen LogP contribution >= 0.6 is 11.6 Å². The van der Waals surface area contributed by atoms with Crippen LogP contribution < -0.4 is 15.0 Å². The van der Waals surface area contributed by atoms with Crippen LogP contribution in [0.25, 0.3) is 5.69 Å². The van der Waals surface area contributed by atoms with Gasteiger partial charge in [-0.15, -0.1) is 4.74 Å². The van der Waals surface area contributed by atoms with Crippen molar-refractivity contribution in [1.82, 2.24) is 4.74 Å². The van der Waals surface area contributed by atoms with Crippen molar-refractivity contribution in [3.8, 4) is 17.2 Å². The number of hydrogen-bond donors (Lipinski definition) is 0. The Morgan fingerprint density at radius 1 is 1.17 bits per heavy atom. The molecule has 0 bridgehead atoms. The van der Waals surface area contributed by atoms with Crippen molar-refractivity contribution in [3.05, 3.63) is 39.3 Å². The smallest absolute Gasteiger partial charge is 0.287 e. The number of methoxy groups -OCH3 is 2. The summed E-state index contributed by atoms with van der Waals surface area (Å²) in [5.41, 5.74) is 0.159. The number of halogens is 1. The average Bonchev–Trinajstić information content (AvgIpc) is 2.68. The standard InChI is InChI=1S/C12H12ClNO4/c1-7-4-12(15)14(18-7)9-6-10(16-2)8(13)5-11(9)17-3/h4-6H,1-3H3. The van der Waals surface area contributed by atoms with Gasteiger partial charge in [0.2, 0.25) is 0 Å². The van der Waals surface area contributed by atoms with Crippen molar-refractivity contribution in [2.45, 2.75) is 6.92 Å². The largest absolute Gasteiger partial charge is 0.495 e. The first-order chi connectivity index (χ1) is 8.56. The van der Waals surface area contributed by atoms with E-state index in [2.05, 4.69) is 0 Å². The van der Waals surface area contributed by atoms with Gasteiger partial charge in [-0.2, -0.15) is 0 Å². The van der Waals surface area contributed by atoms with Gasteiger partial charge in [-0.25, -0.2) is 0 Å². The molecule has 0 radical (unpaired) electrons. The van der Waals surface area contributed by atoms with Crippen LogP contribution in [0.2, 0.25) is 5.02 Å². The zero-order valence-electron chi connectivity index (χ0n) is 10.2. The van der Waals surface area contributed by atoms with Gasteiger partial charge < -0.3 is 14.0 Å². The predicted octanol–water partition coefficient (Wildman–Crippen LogP) is 2.41. The molecule has 1 aromatic carbocycles. The highest BCUT2D eigenvalue weighted by Gasteiger charge is 2.15. The Bertz CT molecular complexity index is 629. The molecule has 0 aliphatic heterocycles. The fourth-order valence-corrected chi connectivity index (χ4v) is 1.85. The molecule has 6 heteroatoms. The molecule has 0 aliphatic rings. The third kappa shape index (κ3) is 2.09. The minimum absolute atomic E-state index is 0.282. The third-order valence-electron chi connectivity index (χ3n) is 2.43. The molecule has 5 nitrogen and oxygen atoms in total. The molecule has 2 aromatic rings. The molecule has 0 unspecified atom stereocenters. The quantitative estimate of drug-likeness (QED) is 0.859. The van der Waals surface area contributed by atoms with E-state index >= 15 is 0 Å². The number of rotatable bonds is 3. The van der Waals surface area contributed by atoms with Crippen molar-refractivity contribution in [3.63, 3.8) is 0 Å². The van der Waals surface area contributed by atoms with Gasteiger partial charge >= 0.3 is 0 Å². The number of hydrogen-bond acceptors (Lipinski definition) is 4. The van der Waals surface area contributed by atoms with E-state index in [4.69, 9.17) is 25.6 Å². The highest BCUT2D eigenvalue weighted by Crippen LogP contribution is 2.34. The number of aryl methyl sites for hydroxylation is 1. The van der Waals surface area contributed by atoms with Gasteiger partial charge in [-0.1, -0.05) is 11.6 Å². The number of benzene rings is 1. The molecule has 0 saturated heterocycles. The Balaban J connectivity index is 2.69. The normalized spacial score (nSPS) is 10.4. The second kappa shape index (κ2) is 4.78. The maximum absolute atomic E-state index is 11.7. The SMILES string of the molecule is COc1cc(-n2oc(C)cc2=O)c(OC)cc1Cl. The van der Waals surface area contributed by atoms with Crippen LogP contribution in [-0.4, -0.2) is 19.0 Å². The summed E-state index contributed by atoms with van der Waals surface area (Å²) in [4.78, 5) is 11.7. The molecule has 0 saturated carbocycles. The van der Waals surface area contributed by atoms with E-state index in [1.165, 1.54) is 20.3 Å². The summed E-state index contributed by atoms with van der Waals surface area (Å²) in [5, 5.41) is 0.398. The first-order valence-electron chi connectivity index (χ1n) is 5.18. The fourth-order valence-electron chi connectivity index (χ4n) is 1.62. The van der Waals surface area contributed by atoms with Crippen molar-refractivity contribution in [2.24, 2.45) is 0 Å². The fraction of sp³-hybridized carbons (Fsp3) is 0.250. The number of aromatic nitrogens is 1. The lowest BCUT2D eigenvalue weighted by atomic mass is 10.2. The Morgan fingerprint density at radius 2 is 1.83 bits per heavy atom. The van der Waals surface area contributed by atoms with Crippen molar-refractivity contribution < 1.29 is 14.0 Å². The lowest BCUT2D eigenvalue weighted by Crippen LogP contribution is -2.12. The van der Waals surface area contributed by atoms with E-state index < -0.39 is 0 Å². The summed E-state index contributed by atoms with van der Waals surface area (Å²) in [6.07, 6.45) is 0. The minimum atomic E-state index is -0.282. The highest BCUT2D eigenvalue weighted by atomic mass is 35.5. The van der Waals surface area contributed by atoms with Gasteiger partial charge in [0.15, 0.2) is 0 Å². The van der Waals surface area contributed by atoms with Crippen LogP contribution in [0.5, 0.6) is 11.5 Å². The second-order valence-corrected chi connectivity index (χ2v) is 4.04. The van der Waals surface area contributed by atoms with Crippen molar-refractivity contribution >= 4 is 11.6 Å². The molecule has 96 valence electrons. The topological polar surface area (TPSA) is 53.6 Å². The van der Waals surface area contributed by atoms with Crippen molar-refractivity contribution in [1.29, 1.82) is 0 Å². The minimum Gasteiger partial charge on any atom is -0.495 e. The van der Waals surface area contributed by atoms with Crippen LogP contribution in [0.3, 0.4) is 0 Å². The molecular formula is C12H12ClNO4. The van der Waals surface area contributed by atoms with Crippen LogP contribution in [0.1, 0.15) is 5.76 Å². The van der Waals surface area contributed by atoms with E-state index in [1.54, 1.807) is 19.1 Å². The highest BCUT2D eigenvalue weighted by molar-refractivity contribution is 6.32. The molecule has 18 heavy (non-hydrogen) atoms. The lowest BCUT2D eigenvalue weighted by Gasteiger charge is -2.11. The van der Waals surface area contributed by atoms with Gasteiger partial charge in [0.25, 0.3) is 5.56 Å². The molecule has 2 rings (SSSR count). The van der Waals surface area contributed by atoms with Crippen molar-refractivity contribution in [2.75, 3.05) is 14.2 Å². The molecule has 0 spiro atoms. The number of ether oxygens (including phenoxy) is 2. The molecule has 0 amide bonds. The monoisotopic (exact) mass is 269 g/mol. The molecular weight excluding hydrogens is 258 g/mol. The van der Waals surface area contributed by atoms with Crippen LogP contribution in [0.4, 0.5) is 0 Å². The van der Waals surface area contributed by atoms with E-state index in [0.29, 0.717) is 28.0 Å². The molecule has 1 heterocycles. The van der Waals surface area contributed by atoms with Gasteiger partial charge in [0, 0.05) is 18.2 Å². The average molecular weight is 270 g/mol. The maximum Gasteiger partial charge on any atom is 0.287 e. The molecule has 0 fully saturated rings. The lowest BCUT2D eigenvalue weighted by molar-refractivity contribution is 0.311. The molecule has 0 aliphatic carbocycles. The first-order valence-corrected chi connectivity index (χ1v) is 5.56. The number of nitrogens with zero attached hydrogens (tertiary/aromatic N) is 1. The maximum atomic E-state index is 11.7. The summed E-state index contributed by atoms with van der Waals surface area (Å²) >= 11 is 5.99. The van der Waals surface area contributed by atoms with Gasteiger partial charge in [-0.05, 0) is 6.92 Å². The van der Waals surface area contributed by atoms with Gasteiger partial charge in [0.05, 0.1) is 19.2 Å². The molecule has 1 aromatic heterocycles. The van der Waals surface area contributed by atoms with Crippen LogP contribution in [0.15, 0.2) is 27.5 Å². The van der Waals surface area contributed by atoms with E-state index in [1.807, 2.05) is 0 Å². The van der Waals surface area contributed by atoms with Crippen LogP contribution in [-0.2, 0) is 0 Å². The van der Waals surface area contributed by atoms with E-state index in [-0.39, 0.29) is 5.56 Å². The van der Waals surface area contributed by atoms with Gasteiger partial charge in [-0.3, -0.25) is 4.79 Å². The Morgan fingerprint density at radius 3 is 2.33 bits per heavy atom. The Kier molecular flexibility index (Phi) is 3.34. The summed E-state index contributed by atoms with van der Waals surface area (Å²) in [6.45, 7) is 1.69. The third-order valence-corrected chi connectivity index (χ3v) is 2.73. The van der Waals surface area contributed by atoms with Crippen LogP contribution in [0, 0.1) is 6.92 Å². The molecule has 0 atom stereocenters. The Hall–Kier alpha value is -1.88. The summed E-state index contributed by atoms with van der Waals surface area (Å²) < 4.78 is 16.7. The van der Waals surface area contributed by atoms with Gasteiger partial charge in [0.1, 0.15) is 22.9 Å². The first kappa shape index (κ1) is 12.6. The molecule has 0 N–H and O–H groups in total. The Labute approximate surface area is 108 Å². The zero-order chi connectivity index (χ0) is 13.3. The summed E-state index contributed by atoms with van der Waals surface area (Å²) in [6, 6.07) is 4.55. The second-order valence-electron chi connectivity index (χ2n) is 3.64. The van der Waals surface area contributed by atoms with E-state index in [0.717, 1.165) is 4.74 Å². The van der Waals surface area contributed by atoms with E-state index in [9.17, 15) is 4.79 Å². The summed E-state index contributed by atoms with van der Waals surface area (Å²) in [7, 11) is 2.98. The predicted molar refractivity (Wildman–Crippen MR) is 67.2 cm³/mol. The summed E-state index contributed by atoms with van der Waals surface area (Å²) in [5.74, 6) is 1.38. The zero-order valence-corrected chi connectivity index (χ0v) is 10.9.